The second-order valence-corrected chi connectivity index (χ2v) is 5.42. The van der Waals surface area contributed by atoms with Gasteiger partial charge in [-0.2, -0.15) is 0 Å². The Balaban J connectivity index is 3.17. The van der Waals surface area contributed by atoms with Crippen molar-refractivity contribution < 1.29 is 46.9 Å². The van der Waals surface area contributed by atoms with E-state index < -0.39 is 38.7 Å². The summed E-state index contributed by atoms with van der Waals surface area (Å²) in [6.45, 7) is 0. The lowest BCUT2D eigenvalue weighted by molar-refractivity contribution is 0.0675. The molecule has 106 valence electrons. The third-order valence-electron chi connectivity index (χ3n) is 1.58. The summed E-state index contributed by atoms with van der Waals surface area (Å²) in [6, 6.07) is 1.87. The molecule has 1 aromatic carbocycles. The van der Waals surface area contributed by atoms with Crippen molar-refractivity contribution in [1.82, 2.24) is 0 Å². The third kappa shape index (κ3) is 5.48. The van der Waals surface area contributed by atoms with E-state index in [1.807, 2.05) is 0 Å². The van der Waals surface area contributed by atoms with Gasteiger partial charge in [-0.25, -0.2) is 18.3 Å². The summed E-state index contributed by atoms with van der Waals surface area (Å²) in [4.78, 5) is 45.3. The van der Waals surface area contributed by atoms with Crippen LogP contribution in [0.5, 0.6) is 5.75 Å². The quantitative estimate of drug-likeness (QED) is 0.583. The first kappa shape index (κ1) is 15.8. The van der Waals surface area contributed by atoms with Gasteiger partial charge in [-0.3, -0.25) is 19.6 Å². The van der Waals surface area contributed by atoms with E-state index in [1.54, 1.807) is 0 Å². The first-order valence-electron chi connectivity index (χ1n) is 4.32. The van der Waals surface area contributed by atoms with Gasteiger partial charge >= 0.3 is 21.6 Å². The Morgan fingerprint density at radius 3 is 2.16 bits per heavy atom. The van der Waals surface area contributed by atoms with Gasteiger partial charge in [-0.05, 0) is 18.2 Å². The van der Waals surface area contributed by atoms with Gasteiger partial charge in [0.05, 0.1) is 0 Å². The highest BCUT2D eigenvalue weighted by Crippen LogP contribution is 2.42. The molecule has 0 saturated heterocycles. The molecule has 0 fully saturated rings. The largest absolute Gasteiger partial charge is 0.527 e. The Labute approximate surface area is 105 Å². The van der Waals surface area contributed by atoms with Gasteiger partial charge in [-0.15, -0.1) is 0 Å². The van der Waals surface area contributed by atoms with E-state index in [4.69, 9.17) is 19.6 Å². The van der Waals surface area contributed by atoms with Crippen molar-refractivity contribution in [2.45, 2.75) is 0 Å². The van der Waals surface area contributed by atoms with Crippen LogP contribution in [0.3, 0.4) is 0 Å². The number of phosphoric ester groups is 2. The van der Waals surface area contributed by atoms with E-state index in [1.165, 1.54) is 0 Å². The molecule has 0 bridgehead atoms. The summed E-state index contributed by atoms with van der Waals surface area (Å²) >= 11 is 0. The molecule has 0 unspecified atom stereocenters. The van der Waals surface area contributed by atoms with E-state index >= 15 is 0 Å². The maximum atomic E-state index is 12.9. The van der Waals surface area contributed by atoms with Gasteiger partial charge in [0.2, 0.25) is 0 Å². The van der Waals surface area contributed by atoms with Gasteiger partial charge < -0.3 is 9.05 Å². The van der Waals surface area contributed by atoms with Crippen LogP contribution in [-0.4, -0.2) is 25.5 Å². The normalized spacial score (nSPS) is 12.1. The SMILES string of the molecule is O=C(OP(=O)(O)O)c1cc(F)ccc1OP(=O)(O)O. The van der Waals surface area contributed by atoms with E-state index in [-0.39, 0.29) is 0 Å². The molecule has 0 aromatic heterocycles. The van der Waals surface area contributed by atoms with Gasteiger partial charge in [0.15, 0.2) is 0 Å². The minimum atomic E-state index is -5.20. The van der Waals surface area contributed by atoms with E-state index in [0.29, 0.717) is 12.1 Å². The fourth-order valence-electron chi connectivity index (χ4n) is 1.03. The number of carbonyl (C=O) groups is 1. The summed E-state index contributed by atoms with van der Waals surface area (Å²) in [5.41, 5.74) is -0.883. The smallest absolute Gasteiger partial charge is 0.403 e. The highest BCUT2D eigenvalue weighted by atomic mass is 31.2. The van der Waals surface area contributed by atoms with Crippen molar-refractivity contribution in [2.24, 2.45) is 0 Å². The molecule has 1 rings (SSSR count). The van der Waals surface area contributed by atoms with Crippen LogP contribution in [0.15, 0.2) is 18.2 Å². The molecular formula is C7H7FO9P2. The molecule has 0 heterocycles. The molecular weight excluding hydrogens is 309 g/mol. The van der Waals surface area contributed by atoms with Crippen LogP contribution in [0.25, 0.3) is 0 Å². The standard InChI is InChI=1S/C7H7FO9P2/c8-4-1-2-6(16-18(10,11)12)5(3-4)7(9)17-19(13,14)15/h1-3H,(H2,10,11,12)(H2,13,14,15). The van der Waals surface area contributed by atoms with E-state index in [9.17, 15) is 18.3 Å². The second-order valence-electron chi connectivity index (χ2n) is 3.09. The Morgan fingerprint density at radius 1 is 1.11 bits per heavy atom. The van der Waals surface area contributed by atoms with Crippen molar-refractivity contribution in [3.63, 3.8) is 0 Å². The molecule has 1 aromatic rings. The number of rotatable bonds is 4. The van der Waals surface area contributed by atoms with Gasteiger partial charge in [-0.1, -0.05) is 0 Å². The fourth-order valence-corrected chi connectivity index (χ4v) is 1.76. The lowest BCUT2D eigenvalue weighted by Crippen LogP contribution is -2.06. The number of benzene rings is 1. The van der Waals surface area contributed by atoms with Crippen LogP contribution < -0.4 is 4.52 Å². The van der Waals surface area contributed by atoms with Crippen molar-refractivity contribution >= 4 is 21.6 Å². The minimum Gasteiger partial charge on any atom is -0.403 e. The number of phosphoric acid groups is 2. The van der Waals surface area contributed by atoms with Crippen molar-refractivity contribution in [3.8, 4) is 5.75 Å². The average molecular weight is 316 g/mol. The topological polar surface area (TPSA) is 151 Å². The molecule has 4 N–H and O–H groups in total. The van der Waals surface area contributed by atoms with E-state index in [0.717, 1.165) is 6.07 Å². The predicted molar refractivity (Wildman–Crippen MR) is 56.5 cm³/mol. The zero-order valence-corrected chi connectivity index (χ0v) is 10.6. The second kappa shape index (κ2) is 5.38. The molecule has 0 saturated carbocycles. The lowest BCUT2D eigenvalue weighted by Gasteiger charge is -2.11. The maximum Gasteiger partial charge on any atom is 0.527 e. The van der Waals surface area contributed by atoms with Crippen LogP contribution in [0, 0.1) is 5.82 Å². The average Bonchev–Trinajstić information content (AvgIpc) is 2.16. The fraction of sp³-hybridized carbons (Fsp3) is 0. The Kier molecular flexibility index (Phi) is 4.46. The summed E-state index contributed by atoms with van der Waals surface area (Å²) in [5, 5.41) is 0. The molecule has 0 aliphatic heterocycles. The van der Waals surface area contributed by atoms with Crippen LogP contribution in [0.1, 0.15) is 10.4 Å². The van der Waals surface area contributed by atoms with Gasteiger partial charge in [0.1, 0.15) is 17.1 Å². The van der Waals surface area contributed by atoms with Crippen LogP contribution in [0.4, 0.5) is 4.39 Å². The highest BCUT2D eigenvalue weighted by molar-refractivity contribution is 7.47. The monoisotopic (exact) mass is 316 g/mol. The Morgan fingerprint density at radius 2 is 1.68 bits per heavy atom. The molecule has 0 aliphatic carbocycles. The number of hydrogen-bond acceptors (Lipinski definition) is 5. The van der Waals surface area contributed by atoms with Gasteiger partial charge in [0, 0.05) is 0 Å². The number of halogens is 1. The predicted octanol–water partition coefficient (Wildman–Crippen LogP) is 0.547. The first-order valence-corrected chi connectivity index (χ1v) is 7.38. The Hall–Kier alpha value is -1.28. The maximum absolute atomic E-state index is 12.9. The molecule has 0 atom stereocenters. The summed E-state index contributed by atoms with van der Waals surface area (Å²) in [7, 11) is -10.2. The minimum absolute atomic E-state index is 0.447. The molecule has 19 heavy (non-hydrogen) atoms. The van der Waals surface area contributed by atoms with E-state index in [2.05, 4.69) is 9.05 Å². The van der Waals surface area contributed by atoms with Gasteiger partial charge in [0.25, 0.3) is 0 Å². The number of hydrogen-bond donors (Lipinski definition) is 4. The summed E-state index contributed by atoms with van der Waals surface area (Å²) < 4.78 is 41.7. The van der Waals surface area contributed by atoms with Crippen molar-refractivity contribution in [3.05, 3.63) is 29.6 Å². The summed E-state index contributed by atoms with van der Waals surface area (Å²) in [5.74, 6) is -3.49. The molecule has 0 radical (unpaired) electrons. The zero-order chi connectivity index (χ0) is 14.8. The third-order valence-corrected chi connectivity index (χ3v) is 2.42. The Bertz CT molecular complexity index is 588. The summed E-state index contributed by atoms with van der Waals surface area (Å²) in [6.07, 6.45) is 0. The van der Waals surface area contributed by atoms with Crippen molar-refractivity contribution in [2.75, 3.05) is 0 Å². The zero-order valence-electron chi connectivity index (χ0n) is 8.83. The van der Waals surface area contributed by atoms with Crippen LogP contribution >= 0.6 is 15.6 Å². The number of carbonyl (C=O) groups excluding carboxylic acids is 1. The molecule has 0 amide bonds. The first-order chi connectivity index (χ1) is 8.48. The molecule has 0 spiro atoms. The molecule has 0 aliphatic rings. The highest BCUT2D eigenvalue weighted by Gasteiger charge is 2.27. The lowest BCUT2D eigenvalue weighted by atomic mass is 10.2. The molecule has 12 heteroatoms. The van der Waals surface area contributed by atoms with Crippen molar-refractivity contribution in [1.29, 1.82) is 0 Å². The van der Waals surface area contributed by atoms with Crippen LogP contribution in [0.2, 0.25) is 0 Å². The molecule has 9 nitrogen and oxygen atoms in total. The van der Waals surface area contributed by atoms with Crippen LogP contribution in [-0.2, 0) is 13.7 Å².